The molecule has 0 saturated heterocycles. The van der Waals surface area contributed by atoms with E-state index in [1.807, 2.05) is 24.3 Å². The highest BCUT2D eigenvalue weighted by atomic mass is 16.4. The van der Waals surface area contributed by atoms with Gasteiger partial charge in [0, 0.05) is 29.2 Å². The van der Waals surface area contributed by atoms with E-state index in [0.29, 0.717) is 0 Å². The van der Waals surface area contributed by atoms with Gasteiger partial charge in [-0.25, -0.2) is 0 Å². The molecule has 0 radical (unpaired) electrons. The molecular weight excluding hydrogens is 262 g/mol. The zero-order valence-corrected chi connectivity index (χ0v) is 11.8. The van der Waals surface area contributed by atoms with Crippen molar-refractivity contribution in [3.05, 3.63) is 71.4 Å². The van der Waals surface area contributed by atoms with E-state index in [2.05, 4.69) is 47.1 Å². The number of nitrogens with two attached hydrogens (primary N) is 1. The number of fused-ring (bicyclic) bond motifs is 1. The molecule has 0 atom stereocenters. The van der Waals surface area contributed by atoms with Gasteiger partial charge in [-0.1, -0.05) is 29.4 Å². The Morgan fingerprint density at radius 3 is 2.76 bits per heavy atom. The molecule has 4 nitrogen and oxygen atoms in total. The summed E-state index contributed by atoms with van der Waals surface area (Å²) in [6.45, 7) is 2.95. The first-order valence-corrected chi connectivity index (χ1v) is 6.80. The van der Waals surface area contributed by atoms with Crippen LogP contribution in [-0.4, -0.2) is 15.6 Å². The fourth-order valence-electron chi connectivity index (χ4n) is 2.53. The van der Waals surface area contributed by atoms with Gasteiger partial charge in [-0.2, -0.15) is 0 Å². The first-order chi connectivity index (χ1) is 10.2. The average Bonchev–Trinajstić information content (AvgIpc) is 2.91. The summed E-state index contributed by atoms with van der Waals surface area (Å²) in [5, 5.41) is 12.9. The Hall–Kier alpha value is -2.75. The number of amidine groups is 1. The van der Waals surface area contributed by atoms with Gasteiger partial charge in [-0.3, -0.25) is 0 Å². The quantitative estimate of drug-likeness (QED) is 0.335. The van der Waals surface area contributed by atoms with Crippen LogP contribution in [0.4, 0.5) is 0 Å². The van der Waals surface area contributed by atoms with Gasteiger partial charge >= 0.3 is 0 Å². The van der Waals surface area contributed by atoms with Crippen LogP contribution in [0.25, 0.3) is 10.9 Å². The third kappa shape index (κ3) is 2.48. The standard InChI is InChI=1S/C17H17N3O/c1-12-4-2-3-5-15(12)11-20-9-8-13-10-14(17(18)19-21)6-7-16(13)20/h2-10,21H,11H2,1H3,(H2,18,19). The Bertz CT molecular complexity index is 818. The van der Waals surface area contributed by atoms with Crippen molar-refractivity contribution in [3.63, 3.8) is 0 Å². The lowest BCUT2D eigenvalue weighted by molar-refractivity contribution is 0.318. The maximum atomic E-state index is 8.75. The molecule has 0 spiro atoms. The Morgan fingerprint density at radius 1 is 1.19 bits per heavy atom. The minimum absolute atomic E-state index is 0.128. The highest BCUT2D eigenvalue weighted by Crippen LogP contribution is 2.20. The van der Waals surface area contributed by atoms with E-state index in [0.717, 1.165) is 23.0 Å². The summed E-state index contributed by atoms with van der Waals surface area (Å²) in [6.07, 6.45) is 2.06. The minimum atomic E-state index is 0.128. The van der Waals surface area contributed by atoms with E-state index in [1.54, 1.807) is 0 Å². The molecule has 0 amide bonds. The van der Waals surface area contributed by atoms with Crippen LogP contribution in [0.3, 0.4) is 0 Å². The van der Waals surface area contributed by atoms with Crippen molar-refractivity contribution in [2.45, 2.75) is 13.5 Å². The van der Waals surface area contributed by atoms with Crippen molar-refractivity contribution >= 4 is 16.7 Å². The molecule has 0 aliphatic heterocycles. The Labute approximate surface area is 123 Å². The molecule has 2 aromatic carbocycles. The van der Waals surface area contributed by atoms with E-state index in [4.69, 9.17) is 10.9 Å². The van der Waals surface area contributed by atoms with Crippen LogP contribution in [0.5, 0.6) is 0 Å². The maximum absolute atomic E-state index is 8.75. The second-order valence-corrected chi connectivity index (χ2v) is 5.13. The zero-order valence-electron chi connectivity index (χ0n) is 11.8. The van der Waals surface area contributed by atoms with Crippen LogP contribution in [-0.2, 0) is 6.54 Å². The lowest BCUT2D eigenvalue weighted by Crippen LogP contribution is -2.12. The summed E-state index contributed by atoms with van der Waals surface area (Å²) in [5.74, 6) is 0.128. The van der Waals surface area contributed by atoms with E-state index in [9.17, 15) is 0 Å². The average molecular weight is 279 g/mol. The molecule has 21 heavy (non-hydrogen) atoms. The largest absolute Gasteiger partial charge is 0.409 e. The summed E-state index contributed by atoms with van der Waals surface area (Å²) < 4.78 is 2.20. The zero-order chi connectivity index (χ0) is 14.8. The van der Waals surface area contributed by atoms with Crippen molar-refractivity contribution < 1.29 is 5.21 Å². The van der Waals surface area contributed by atoms with E-state index in [-0.39, 0.29) is 5.84 Å². The Balaban J connectivity index is 2.00. The van der Waals surface area contributed by atoms with Crippen molar-refractivity contribution in [2.24, 2.45) is 10.9 Å². The van der Waals surface area contributed by atoms with Crippen LogP contribution in [0.1, 0.15) is 16.7 Å². The van der Waals surface area contributed by atoms with Crippen LogP contribution in [0.2, 0.25) is 0 Å². The molecule has 3 N–H and O–H groups in total. The van der Waals surface area contributed by atoms with Gasteiger partial charge in [-0.15, -0.1) is 0 Å². The van der Waals surface area contributed by atoms with Crippen molar-refractivity contribution in [3.8, 4) is 0 Å². The molecule has 3 aromatic rings. The molecule has 4 heteroatoms. The summed E-state index contributed by atoms with van der Waals surface area (Å²) in [7, 11) is 0. The molecule has 106 valence electrons. The number of hydrogen-bond donors (Lipinski definition) is 2. The van der Waals surface area contributed by atoms with Crippen molar-refractivity contribution in [2.75, 3.05) is 0 Å². The normalized spacial score (nSPS) is 12.0. The van der Waals surface area contributed by atoms with Gasteiger partial charge in [0.1, 0.15) is 0 Å². The number of aryl methyl sites for hydroxylation is 1. The van der Waals surface area contributed by atoms with Gasteiger partial charge in [-0.05, 0) is 42.3 Å². The molecule has 1 heterocycles. The predicted octanol–water partition coefficient (Wildman–Crippen LogP) is 3.09. The van der Waals surface area contributed by atoms with Gasteiger partial charge in [0.15, 0.2) is 5.84 Å². The third-order valence-electron chi connectivity index (χ3n) is 3.78. The Kier molecular flexibility index (Phi) is 3.36. The number of aromatic nitrogens is 1. The molecule has 0 unspecified atom stereocenters. The summed E-state index contributed by atoms with van der Waals surface area (Å²) in [5.41, 5.74) is 10.1. The monoisotopic (exact) mass is 279 g/mol. The van der Waals surface area contributed by atoms with Crippen molar-refractivity contribution in [1.82, 2.24) is 4.57 Å². The summed E-state index contributed by atoms with van der Waals surface area (Å²) in [4.78, 5) is 0. The van der Waals surface area contributed by atoms with Crippen molar-refractivity contribution in [1.29, 1.82) is 0 Å². The molecule has 0 fully saturated rings. The Morgan fingerprint density at radius 2 is 2.00 bits per heavy atom. The van der Waals surface area contributed by atoms with E-state index >= 15 is 0 Å². The second kappa shape index (κ2) is 5.32. The minimum Gasteiger partial charge on any atom is -0.409 e. The highest BCUT2D eigenvalue weighted by Gasteiger charge is 2.06. The van der Waals surface area contributed by atoms with E-state index < -0.39 is 0 Å². The first kappa shape index (κ1) is 13.2. The first-order valence-electron chi connectivity index (χ1n) is 6.80. The number of rotatable bonds is 3. The van der Waals surface area contributed by atoms with Crippen LogP contribution in [0, 0.1) is 6.92 Å². The molecular formula is C17H17N3O. The molecule has 0 bridgehead atoms. The van der Waals surface area contributed by atoms with Crippen LogP contribution in [0.15, 0.2) is 59.9 Å². The molecule has 0 aliphatic carbocycles. The molecule has 0 aliphatic rings. The highest BCUT2D eigenvalue weighted by molar-refractivity contribution is 6.00. The molecule has 1 aromatic heterocycles. The third-order valence-corrected chi connectivity index (χ3v) is 3.78. The van der Waals surface area contributed by atoms with E-state index in [1.165, 1.54) is 11.1 Å². The van der Waals surface area contributed by atoms with Gasteiger partial charge in [0.05, 0.1) is 0 Å². The van der Waals surface area contributed by atoms with Gasteiger partial charge < -0.3 is 15.5 Å². The fraction of sp³-hybridized carbons (Fsp3) is 0.118. The van der Waals surface area contributed by atoms with Gasteiger partial charge in [0.2, 0.25) is 0 Å². The van der Waals surface area contributed by atoms with Gasteiger partial charge in [0.25, 0.3) is 0 Å². The lowest BCUT2D eigenvalue weighted by atomic mass is 10.1. The number of benzene rings is 2. The fourth-order valence-corrected chi connectivity index (χ4v) is 2.53. The predicted molar refractivity (Wildman–Crippen MR) is 84.7 cm³/mol. The second-order valence-electron chi connectivity index (χ2n) is 5.13. The molecule has 0 saturated carbocycles. The maximum Gasteiger partial charge on any atom is 0.170 e. The smallest absolute Gasteiger partial charge is 0.170 e. The molecule has 3 rings (SSSR count). The van der Waals surface area contributed by atoms with Crippen LogP contribution >= 0.6 is 0 Å². The topological polar surface area (TPSA) is 63.5 Å². The number of oxime groups is 1. The number of nitrogens with zero attached hydrogens (tertiary/aromatic N) is 2. The SMILES string of the molecule is Cc1ccccc1Cn1ccc2cc(/C(N)=N/O)ccc21. The summed E-state index contributed by atoms with van der Waals surface area (Å²) in [6, 6.07) is 16.2. The number of hydrogen-bond acceptors (Lipinski definition) is 2. The van der Waals surface area contributed by atoms with Crippen LogP contribution < -0.4 is 5.73 Å². The lowest BCUT2D eigenvalue weighted by Gasteiger charge is -2.09. The summed E-state index contributed by atoms with van der Waals surface area (Å²) >= 11 is 0.